The van der Waals surface area contributed by atoms with E-state index in [4.69, 9.17) is 10.5 Å². The Kier molecular flexibility index (Phi) is 8.86. The molecule has 0 atom stereocenters. The monoisotopic (exact) mass is 360 g/mol. The van der Waals surface area contributed by atoms with Gasteiger partial charge in [-0.25, -0.2) is 4.79 Å². The van der Waals surface area contributed by atoms with Crippen molar-refractivity contribution in [3.05, 3.63) is 35.5 Å². The Morgan fingerprint density at radius 3 is 2.35 bits per heavy atom. The summed E-state index contributed by atoms with van der Waals surface area (Å²) in [4.78, 5) is 12.1. The normalized spacial score (nSPS) is 14.4. The van der Waals surface area contributed by atoms with Gasteiger partial charge in [-0.1, -0.05) is 45.9 Å². The van der Waals surface area contributed by atoms with Gasteiger partial charge in [0.05, 0.1) is 12.7 Å². The van der Waals surface area contributed by atoms with Crippen molar-refractivity contribution in [2.45, 2.75) is 78.8 Å². The third kappa shape index (κ3) is 4.67. The van der Waals surface area contributed by atoms with Gasteiger partial charge in [-0.05, 0) is 45.1 Å². The molecular formula is C22H36N2O2. The zero-order valence-electron chi connectivity index (χ0n) is 17.4. The number of fused-ring (bicyclic) bond motifs is 1. The first-order valence-corrected chi connectivity index (χ1v) is 10.0. The van der Waals surface area contributed by atoms with E-state index in [-0.39, 0.29) is 11.5 Å². The van der Waals surface area contributed by atoms with Gasteiger partial charge in [-0.2, -0.15) is 0 Å². The second kappa shape index (κ2) is 10.4. The average molecular weight is 361 g/mol. The number of carbonyl (C=O) groups is 1. The summed E-state index contributed by atoms with van der Waals surface area (Å²) in [5.41, 5.74) is 9.13. The summed E-state index contributed by atoms with van der Waals surface area (Å²) in [6.45, 7) is 10.9. The summed E-state index contributed by atoms with van der Waals surface area (Å²) in [5, 5.41) is 0.970. The van der Waals surface area contributed by atoms with E-state index in [1.165, 1.54) is 13.5 Å². The number of aromatic nitrogens is 1. The number of esters is 1. The van der Waals surface area contributed by atoms with Crippen molar-refractivity contribution in [1.82, 2.24) is 4.57 Å². The SMILES string of the molecule is CC.CC.COC(=O)c1c(C)n(CCCC2(N)CCC2)c2ccccc12. The van der Waals surface area contributed by atoms with Crippen molar-refractivity contribution in [2.24, 2.45) is 5.73 Å². The number of hydrogen-bond acceptors (Lipinski definition) is 3. The Morgan fingerprint density at radius 2 is 1.81 bits per heavy atom. The number of aryl methyl sites for hydroxylation is 1. The van der Waals surface area contributed by atoms with Crippen molar-refractivity contribution < 1.29 is 9.53 Å². The van der Waals surface area contributed by atoms with Crippen LogP contribution in [0.5, 0.6) is 0 Å². The van der Waals surface area contributed by atoms with Crippen LogP contribution in [0.1, 0.15) is 75.9 Å². The Bertz CT molecular complexity index is 699. The molecule has 1 fully saturated rings. The molecule has 4 nitrogen and oxygen atoms in total. The molecule has 0 spiro atoms. The lowest BCUT2D eigenvalue weighted by Crippen LogP contribution is -2.46. The predicted octanol–water partition coefficient (Wildman–Crippen LogP) is 5.45. The first kappa shape index (κ1) is 22.2. The summed E-state index contributed by atoms with van der Waals surface area (Å²) < 4.78 is 7.18. The number of nitrogens with zero attached hydrogens (tertiary/aromatic N) is 1. The molecule has 3 rings (SSSR count). The Hall–Kier alpha value is -1.81. The summed E-state index contributed by atoms with van der Waals surface area (Å²) in [6, 6.07) is 8.02. The molecular weight excluding hydrogens is 324 g/mol. The van der Waals surface area contributed by atoms with Crippen LogP contribution in [0.15, 0.2) is 24.3 Å². The van der Waals surface area contributed by atoms with Gasteiger partial charge >= 0.3 is 5.97 Å². The smallest absolute Gasteiger partial charge is 0.340 e. The van der Waals surface area contributed by atoms with Crippen LogP contribution in [0.4, 0.5) is 0 Å². The average Bonchev–Trinajstić information content (AvgIpc) is 2.95. The summed E-state index contributed by atoms with van der Waals surface area (Å²) >= 11 is 0. The van der Waals surface area contributed by atoms with Gasteiger partial charge in [-0.3, -0.25) is 0 Å². The molecule has 1 heterocycles. The van der Waals surface area contributed by atoms with Crippen molar-refractivity contribution in [3.63, 3.8) is 0 Å². The lowest BCUT2D eigenvalue weighted by atomic mass is 9.75. The highest BCUT2D eigenvalue weighted by molar-refractivity contribution is 6.05. The largest absolute Gasteiger partial charge is 0.465 e. The zero-order chi connectivity index (χ0) is 19.7. The fourth-order valence-electron chi connectivity index (χ4n) is 3.55. The summed E-state index contributed by atoms with van der Waals surface area (Å²) in [5.74, 6) is -0.262. The number of nitrogens with two attached hydrogens (primary N) is 1. The van der Waals surface area contributed by atoms with E-state index in [0.717, 1.165) is 48.8 Å². The third-order valence-electron chi connectivity index (χ3n) is 5.03. The fourth-order valence-corrected chi connectivity index (χ4v) is 3.55. The Labute approximate surface area is 158 Å². The molecule has 0 amide bonds. The summed E-state index contributed by atoms with van der Waals surface area (Å²) in [6.07, 6.45) is 5.63. The highest BCUT2D eigenvalue weighted by Gasteiger charge is 2.31. The van der Waals surface area contributed by atoms with Gasteiger partial charge in [0, 0.05) is 28.7 Å². The number of para-hydroxylation sites is 1. The molecule has 0 saturated heterocycles. The number of benzene rings is 1. The van der Waals surface area contributed by atoms with Crippen LogP contribution in [0.25, 0.3) is 10.9 Å². The molecule has 1 aromatic carbocycles. The van der Waals surface area contributed by atoms with E-state index in [1.807, 2.05) is 52.8 Å². The minimum absolute atomic E-state index is 0.0576. The minimum atomic E-state index is -0.262. The number of hydrogen-bond donors (Lipinski definition) is 1. The van der Waals surface area contributed by atoms with Gasteiger partial charge in [0.1, 0.15) is 0 Å². The van der Waals surface area contributed by atoms with Gasteiger partial charge in [0.15, 0.2) is 0 Å². The first-order chi connectivity index (χ1) is 12.6. The van der Waals surface area contributed by atoms with Crippen LogP contribution in [-0.2, 0) is 11.3 Å². The van der Waals surface area contributed by atoms with E-state index in [0.29, 0.717) is 5.56 Å². The van der Waals surface area contributed by atoms with Gasteiger partial charge in [-0.15, -0.1) is 0 Å². The van der Waals surface area contributed by atoms with Crippen LogP contribution < -0.4 is 5.73 Å². The topological polar surface area (TPSA) is 57.2 Å². The highest BCUT2D eigenvalue weighted by Crippen LogP contribution is 2.34. The second-order valence-corrected chi connectivity index (χ2v) is 6.44. The van der Waals surface area contributed by atoms with Crippen LogP contribution in [0.3, 0.4) is 0 Å². The molecule has 2 N–H and O–H groups in total. The van der Waals surface area contributed by atoms with Crippen molar-refractivity contribution >= 4 is 16.9 Å². The molecule has 1 aliphatic carbocycles. The van der Waals surface area contributed by atoms with Crippen LogP contribution in [-0.4, -0.2) is 23.2 Å². The molecule has 26 heavy (non-hydrogen) atoms. The molecule has 0 unspecified atom stereocenters. The third-order valence-corrected chi connectivity index (χ3v) is 5.03. The molecule has 1 aromatic heterocycles. The standard InChI is InChI=1S/C18H24N2O2.2C2H6/c1-13-16(17(21)22-2)14-7-3-4-8-15(14)20(13)12-6-11-18(19)9-5-10-18;2*1-2/h3-4,7-8H,5-6,9-12,19H2,1-2H3;2*1-2H3. The van der Waals surface area contributed by atoms with E-state index >= 15 is 0 Å². The van der Waals surface area contributed by atoms with Gasteiger partial charge in [0.2, 0.25) is 0 Å². The lowest BCUT2D eigenvalue weighted by Gasteiger charge is -2.38. The van der Waals surface area contributed by atoms with Crippen molar-refractivity contribution in [3.8, 4) is 0 Å². The van der Waals surface area contributed by atoms with Crippen molar-refractivity contribution in [2.75, 3.05) is 7.11 Å². The molecule has 0 aliphatic heterocycles. The van der Waals surface area contributed by atoms with Crippen LogP contribution in [0, 0.1) is 6.92 Å². The van der Waals surface area contributed by atoms with Gasteiger partial charge in [0.25, 0.3) is 0 Å². The van der Waals surface area contributed by atoms with E-state index in [2.05, 4.69) is 10.6 Å². The Balaban J connectivity index is 0.000000791. The van der Waals surface area contributed by atoms with E-state index in [1.54, 1.807) is 0 Å². The quantitative estimate of drug-likeness (QED) is 0.721. The van der Waals surface area contributed by atoms with Crippen LogP contribution >= 0.6 is 0 Å². The summed E-state index contributed by atoms with van der Waals surface area (Å²) in [7, 11) is 1.43. The Morgan fingerprint density at radius 1 is 1.19 bits per heavy atom. The molecule has 0 radical (unpaired) electrons. The first-order valence-electron chi connectivity index (χ1n) is 10.0. The highest BCUT2D eigenvalue weighted by atomic mass is 16.5. The van der Waals surface area contributed by atoms with E-state index in [9.17, 15) is 4.79 Å². The minimum Gasteiger partial charge on any atom is -0.465 e. The molecule has 2 aromatic rings. The maximum absolute atomic E-state index is 12.1. The fraction of sp³-hybridized carbons (Fsp3) is 0.591. The zero-order valence-corrected chi connectivity index (χ0v) is 17.4. The molecule has 0 bridgehead atoms. The maximum Gasteiger partial charge on any atom is 0.340 e. The predicted molar refractivity (Wildman–Crippen MR) is 111 cm³/mol. The molecule has 1 aliphatic rings. The second-order valence-electron chi connectivity index (χ2n) is 6.44. The number of ether oxygens (including phenoxy) is 1. The number of carbonyl (C=O) groups excluding carboxylic acids is 1. The molecule has 146 valence electrons. The maximum atomic E-state index is 12.1. The number of methoxy groups -OCH3 is 1. The molecule has 4 heteroatoms. The van der Waals surface area contributed by atoms with E-state index < -0.39 is 0 Å². The van der Waals surface area contributed by atoms with Crippen LogP contribution in [0.2, 0.25) is 0 Å². The number of rotatable bonds is 5. The van der Waals surface area contributed by atoms with Gasteiger partial charge < -0.3 is 15.0 Å². The van der Waals surface area contributed by atoms with Crippen molar-refractivity contribution in [1.29, 1.82) is 0 Å². The molecule has 1 saturated carbocycles. The lowest BCUT2D eigenvalue weighted by molar-refractivity contribution is 0.0602.